The summed E-state index contributed by atoms with van der Waals surface area (Å²) in [5.74, 6) is 0.717. The van der Waals surface area contributed by atoms with E-state index in [2.05, 4.69) is 66.0 Å². The molecule has 0 saturated carbocycles. The molecule has 3 rings (SSSR count). The van der Waals surface area contributed by atoms with Gasteiger partial charge in [0.05, 0.1) is 0 Å². The van der Waals surface area contributed by atoms with Gasteiger partial charge >= 0.3 is 0 Å². The lowest BCUT2D eigenvalue weighted by Crippen LogP contribution is -2.19. The Hall–Kier alpha value is -1.60. The van der Waals surface area contributed by atoms with E-state index in [0.29, 0.717) is 6.04 Å². The van der Waals surface area contributed by atoms with E-state index in [4.69, 9.17) is 0 Å². The van der Waals surface area contributed by atoms with Gasteiger partial charge in [0, 0.05) is 6.04 Å². The van der Waals surface area contributed by atoms with Crippen molar-refractivity contribution in [2.75, 3.05) is 6.54 Å². The minimum absolute atomic E-state index is 0.520. The molecule has 0 radical (unpaired) electrons. The maximum absolute atomic E-state index is 3.64. The van der Waals surface area contributed by atoms with Crippen LogP contribution in [0.15, 0.2) is 60.7 Å². The van der Waals surface area contributed by atoms with Gasteiger partial charge in [-0.3, -0.25) is 0 Å². The topological polar surface area (TPSA) is 12.0 Å². The average molecular weight is 237 g/mol. The summed E-state index contributed by atoms with van der Waals surface area (Å²) in [6.07, 6.45) is 2.45. The third-order valence-corrected chi connectivity index (χ3v) is 3.85. The van der Waals surface area contributed by atoms with Gasteiger partial charge < -0.3 is 5.32 Å². The number of rotatable bonds is 3. The van der Waals surface area contributed by atoms with Gasteiger partial charge in [-0.1, -0.05) is 60.7 Å². The second-order valence-electron chi connectivity index (χ2n) is 5.08. The summed E-state index contributed by atoms with van der Waals surface area (Å²) >= 11 is 0. The molecule has 1 nitrogen and oxygen atoms in total. The molecule has 0 spiro atoms. The van der Waals surface area contributed by atoms with Crippen LogP contribution in [0.5, 0.6) is 0 Å². The molecule has 2 aromatic rings. The molecule has 1 heterocycles. The highest BCUT2D eigenvalue weighted by Crippen LogP contribution is 2.31. The molecule has 2 unspecified atom stereocenters. The number of hydrogen-bond acceptors (Lipinski definition) is 1. The van der Waals surface area contributed by atoms with Crippen molar-refractivity contribution < 1.29 is 0 Å². The van der Waals surface area contributed by atoms with Crippen molar-refractivity contribution >= 4 is 0 Å². The standard InChI is InChI=1S/C17H19N/c1-3-7-14(8-4-1)13-16-11-12-18-17(16)15-9-5-2-6-10-15/h1-10,16-18H,11-13H2. The van der Waals surface area contributed by atoms with E-state index in [9.17, 15) is 0 Å². The zero-order valence-electron chi connectivity index (χ0n) is 10.5. The van der Waals surface area contributed by atoms with Crippen LogP contribution in [0.1, 0.15) is 23.6 Å². The maximum Gasteiger partial charge on any atom is 0.0352 e. The SMILES string of the molecule is c1ccc(CC2CCNC2c2ccccc2)cc1. The van der Waals surface area contributed by atoms with Gasteiger partial charge in [0.1, 0.15) is 0 Å². The van der Waals surface area contributed by atoms with Crippen molar-refractivity contribution in [3.05, 3.63) is 71.8 Å². The molecule has 1 aliphatic heterocycles. The predicted molar refractivity (Wildman–Crippen MR) is 75.4 cm³/mol. The molecule has 1 aliphatic rings. The molecular weight excluding hydrogens is 218 g/mol. The first-order chi connectivity index (χ1) is 8.93. The van der Waals surface area contributed by atoms with E-state index in [1.807, 2.05) is 0 Å². The lowest BCUT2D eigenvalue weighted by atomic mass is 9.89. The van der Waals surface area contributed by atoms with Gasteiger partial charge in [0.25, 0.3) is 0 Å². The van der Waals surface area contributed by atoms with Crippen LogP contribution in [0.4, 0.5) is 0 Å². The van der Waals surface area contributed by atoms with Crippen LogP contribution in [-0.4, -0.2) is 6.54 Å². The fraction of sp³-hybridized carbons (Fsp3) is 0.294. The zero-order chi connectivity index (χ0) is 12.2. The Balaban J connectivity index is 1.76. The van der Waals surface area contributed by atoms with Crippen LogP contribution in [0.2, 0.25) is 0 Å². The third kappa shape index (κ3) is 2.46. The van der Waals surface area contributed by atoms with E-state index in [1.165, 1.54) is 24.0 Å². The summed E-state index contributed by atoms with van der Waals surface area (Å²) in [7, 11) is 0. The van der Waals surface area contributed by atoms with E-state index in [0.717, 1.165) is 12.5 Å². The van der Waals surface area contributed by atoms with Crippen molar-refractivity contribution in [1.29, 1.82) is 0 Å². The van der Waals surface area contributed by atoms with Crippen LogP contribution in [0, 0.1) is 5.92 Å². The molecule has 92 valence electrons. The minimum Gasteiger partial charge on any atom is -0.310 e. The van der Waals surface area contributed by atoms with Crippen molar-refractivity contribution in [2.45, 2.75) is 18.9 Å². The highest BCUT2D eigenvalue weighted by molar-refractivity contribution is 5.23. The minimum atomic E-state index is 0.520. The Bertz CT molecular complexity index is 477. The van der Waals surface area contributed by atoms with Crippen LogP contribution < -0.4 is 5.32 Å². The Kier molecular flexibility index (Phi) is 3.42. The molecule has 2 aromatic carbocycles. The van der Waals surface area contributed by atoms with Crippen LogP contribution in [0.25, 0.3) is 0 Å². The van der Waals surface area contributed by atoms with Crippen LogP contribution >= 0.6 is 0 Å². The first-order valence-electron chi connectivity index (χ1n) is 6.76. The Morgan fingerprint density at radius 3 is 2.28 bits per heavy atom. The van der Waals surface area contributed by atoms with Gasteiger partial charge in [-0.05, 0) is 36.4 Å². The summed E-state index contributed by atoms with van der Waals surface area (Å²) < 4.78 is 0. The first-order valence-corrected chi connectivity index (χ1v) is 6.76. The lowest BCUT2D eigenvalue weighted by molar-refractivity contribution is 0.460. The average Bonchev–Trinajstić information content (AvgIpc) is 2.89. The molecule has 0 bridgehead atoms. The van der Waals surface area contributed by atoms with E-state index < -0.39 is 0 Å². The Morgan fingerprint density at radius 2 is 1.56 bits per heavy atom. The van der Waals surface area contributed by atoms with Gasteiger partial charge in [0.2, 0.25) is 0 Å². The molecule has 1 heteroatoms. The molecular formula is C17H19N. The molecule has 2 atom stereocenters. The third-order valence-electron chi connectivity index (χ3n) is 3.85. The lowest BCUT2D eigenvalue weighted by Gasteiger charge is -2.20. The van der Waals surface area contributed by atoms with Gasteiger partial charge in [-0.25, -0.2) is 0 Å². The van der Waals surface area contributed by atoms with Crippen molar-refractivity contribution in [2.24, 2.45) is 5.92 Å². The molecule has 1 N–H and O–H groups in total. The Morgan fingerprint density at radius 1 is 0.889 bits per heavy atom. The van der Waals surface area contributed by atoms with Crippen LogP contribution in [-0.2, 0) is 6.42 Å². The number of hydrogen-bond donors (Lipinski definition) is 1. The summed E-state index contributed by atoms with van der Waals surface area (Å²) in [6, 6.07) is 22.2. The summed E-state index contributed by atoms with van der Waals surface area (Å²) in [5.41, 5.74) is 2.88. The molecule has 0 aromatic heterocycles. The largest absolute Gasteiger partial charge is 0.310 e. The van der Waals surface area contributed by atoms with Crippen molar-refractivity contribution in [3.63, 3.8) is 0 Å². The predicted octanol–water partition coefficient (Wildman–Crippen LogP) is 3.58. The summed E-state index contributed by atoms with van der Waals surface area (Å²) in [5, 5.41) is 3.64. The summed E-state index contributed by atoms with van der Waals surface area (Å²) in [6.45, 7) is 1.14. The highest BCUT2D eigenvalue weighted by atomic mass is 14.9. The normalized spacial score (nSPS) is 23.1. The maximum atomic E-state index is 3.64. The fourth-order valence-corrected chi connectivity index (χ4v) is 2.94. The monoisotopic (exact) mass is 237 g/mol. The van der Waals surface area contributed by atoms with Gasteiger partial charge in [-0.15, -0.1) is 0 Å². The summed E-state index contributed by atoms with van der Waals surface area (Å²) in [4.78, 5) is 0. The first kappa shape index (κ1) is 11.5. The molecule has 1 fully saturated rings. The second kappa shape index (κ2) is 5.36. The van der Waals surface area contributed by atoms with E-state index in [-0.39, 0.29) is 0 Å². The highest BCUT2D eigenvalue weighted by Gasteiger charge is 2.27. The van der Waals surface area contributed by atoms with Crippen LogP contribution in [0.3, 0.4) is 0 Å². The zero-order valence-corrected chi connectivity index (χ0v) is 10.5. The quantitative estimate of drug-likeness (QED) is 0.860. The molecule has 0 aliphatic carbocycles. The van der Waals surface area contributed by atoms with Gasteiger partial charge in [-0.2, -0.15) is 0 Å². The molecule has 18 heavy (non-hydrogen) atoms. The number of nitrogens with one attached hydrogen (secondary N) is 1. The molecule has 1 saturated heterocycles. The molecule has 0 amide bonds. The number of benzene rings is 2. The smallest absolute Gasteiger partial charge is 0.0352 e. The fourth-order valence-electron chi connectivity index (χ4n) is 2.94. The Labute approximate surface area is 109 Å². The van der Waals surface area contributed by atoms with E-state index >= 15 is 0 Å². The second-order valence-corrected chi connectivity index (χ2v) is 5.08. The van der Waals surface area contributed by atoms with Crippen molar-refractivity contribution in [1.82, 2.24) is 5.32 Å². The van der Waals surface area contributed by atoms with Gasteiger partial charge in [0.15, 0.2) is 0 Å². The van der Waals surface area contributed by atoms with Crippen molar-refractivity contribution in [3.8, 4) is 0 Å². The van der Waals surface area contributed by atoms with E-state index in [1.54, 1.807) is 0 Å².